The van der Waals surface area contributed by atoms with E-state index in [2.05, 4.69) is 27.7 Å². The fourth-order valence-electron chi connectivity index (χ4n) is 10.4. The quantitative estimate of drug-likeness (QED) is 0.273. The van der Waals surface area contributed by atoms with Crippen molar-refractivity contribution in [1.82, 2.24) is 0 Å². The van der Waals surface area contributed by atoms with Crippen LogP contribution < -0.4 is 0 Å². The van der Waals surface area contributed by atoms with Crippen LogP contribution in [-0.2, 0) is 23.9 Å². The fourth-order valence-corrected chi connectivity index (χ4v) is 10.4. The molecule has 10 unspecified atom stereocenters. The molecule has 38 heavy (non-hydrogen) atoms. The molecule has 0 N–H and O–H groups in total. The van der Waals surface area contributed by atoms with E-state index in [-0.39, 0.29) is 17.3 Å². The highest BCUT2D eigenvalue weighted by molar-refractivity contribution is 5.82. The number of rotatable bonds is 2. The fraction of sp³-hybridized carbons (Fsp3) is 0.909. The number of fused-ring (bicyclic) bond motifs is 7. The Bertz CT molecular complexity index is 822. The van der Waals surface area contributed by atoms with Crippen LogP contribution in [0.2, 0.25) is 0 Å². The van der Waals surface area contributed by atoms with Gasteiger partial charge in [-0.15, -0.1) is 0 Å². The minimum atomic E-state index is -0.111. The van der Waals surface area contributed by atoms with Crippen LogP contribution in [-0.4, -0.2) is 37.9 Å². The van der Waals surface area contributed by atoms with Gasteiger partial charge in [-0.2, -0.15) is 0 Å². The van der Waals surface area contributed by atoms with Crippen molar-refractivity contribution in [1.29, 1.82) is 0 Å². The Labute approximate surface area is 232 Å². The molecule has 0 aromatic heterocycles. The maximum atomic E-state index is 12.5. The zero-order chi connectivity index (χ0) is 28.3. The lowest BCUT2D eigenvalue weighted by Crippen LogP contribution is -2.61. The van der Waals surface area contributed by atoms with Crippen LogP contribution in [0.15, 0.2) is 0 Å². The van der Waals surface area contributed by atoms with Gasteiger partial charge >= 0.3 is 5.97 Å². The summed E-state index contributed by atoms with van der Waals surface area (Å²) in [5.41, 5.74) is 1.06. The summed E-state index contributed by atoms with van der Waals surface area (Å²) in [5.74, 6) is 4.47. The number of ketones is 1. The van der Waals surface area contributed by atoms with Crippen molar-refractivity contribution >= 4 is 18.5 Å². The first-order valence-electron chi connectivity index (χ1n) is 15.7. The third kappa shape index (κ3) is 5.65. The van der Waals surface area contributed by atoms with E-state index in [1.54, 1.807) is 6.92 Å². The smallest absolute Gasteiger partial charge is 0.302 e. The van der Waals surface area contributed by atoms with Gasteiger partial charge in [0.15, 0.2) is 0 Å². The lowest BCUT2D eigenvalue weighted by molar-refractivity contribution is -0.189. The van der Waals surface area contributed by atoms with Gasteiger partial charge in [0.2, 0.25) is 0 Å². The second-order valence-electron chi connectivity index (χ2n) is 13.6. The van der Waals surface area contributed by atoms with Gasteiger partial charge in [0, 0.05) is 24.7 Å². The third-order valence-corrected chi connectivity index (χ3v) is 12.1. The number of Topliss-reactive ketones (excluding diaryl/α,β-unsaturated/α-hetero) is 1. The van der Waals surface area contributed by atoms with Gasteiger partial charge in [-0.3, -0.25) is 9.59 Å². The molecule has 218 valence electrons. The monoisotopic (exact) mass is 532 g/mol. The topological polar surface area (TPSA) is 73.0 Å². The minimum absolute atomic E-state index is 0.111. The van der Waals surface area contributed by atoms with Crippen molar-refractivity contribution in [3.63, 3.8) is 0 Å². The van der Waals surface area contributed by atoms with Crippen molar-refractivity contribution < 1.29 is 23.9 Å². The number of carbonyl (C=O) groups excluding carboxylic acids is 3. The highest BCUT2D eigenvalue weighted by Crippen LogP contribution is 2.71. The Morgan fingerprint density at radius 1 is 0.921 bits per heavy atom. The van der Waals surface area contributed by atoms with E-state index in [1.165, 1.54) is 57.8 Å². The first-order chi connectivity index (χ1) is 18.1. The summed E-state index contributed by atoms with van der Waals surface area (Å²) in [7, 11) is 0. The van der Waals surface area contributed by atoms with Crippen LogP contribution in [0.4, 0.5) is 0 Å². The number of hydrogen-bond donors (Lipinski definition) is 0. The highest BCUT2D eigenvalue weighted by Gasteiger charge is 2.64. The number of epoxide rings is 1. The van der Waals surface area contributed by atoms with Crippen LogP contribution in [0, 0.1) is 51.8 Å². The molecule has 5 aliphatic carbocycles. The second kappa shape index (κ2) is 12.5. The molecule has 6 fully saturated rings. The lowest BCUT2D eigenvalue weighted by atomic mass is 9.38. The largest absolute Gasteiger partial charge is 0.465 e. The molecule has 1 saturated heterocycles. The van der Waals surface area contributed by atoms with E-state index >= 15 is 0 Å². The van der Waals surface area contributed by atoms with Crippen molar-refractivity contribution in [2.45, 2.75) is 125 Å². The van der Waals surface area contributed by atoms with Crippen LogP contribution in [0.25, 0.3) is 0 Å². The summed E-state index contributed by atoms with van der Waals surface area (Å²) in [6.07, 6.45) is 14.3. The molecule has 0 spiro atoms. The van der Waals surface area contributed by atoms with Crippen molar-refractivity contribution in [3.05, 3.63) is 0 Å². The molecule has 1 heterocycles. The predicted octanol–water partition coefficient (Wildman–Crippen LogP) is 7.44. The molecule has 5 heteroatoms. The van der Waals surface area contributed by atoms with Crippen molar-refractivity contribution in [2.24, 2.45) is 51.8 Å². The van der Waals surface area contributed by atoms with Crippen LogP contribution in [0.5, 0.6) is 0 Å². The first kappa shape index (κ1) is 31.3. The zero-order valence-corrected chi connectivity index (χ0v) is 25.5. The van der Waals surface area contributed by atoms with Gasteiger partial charge in [0.1, 0.15) is 12.6 Å². The zero-order valence-electron chi connectivity index (χ0n) is 25.5. The Kier molecular flexibility index (Phi) is 10.3. The van der Waals surface area contributed by atoms with Gasteiger partial charge < -0.3 is 14.3 Å². The summed E-state index contributed by atoms with van der Waals surface area (Å²) in [6.45, 7) is 18.7. The summed E-state index contributed by atoms with van der Waals surface area (Å²) in [4.78, 5) is 32.1. The van der Waals surface area contributed by atoms with E-state index in [0.29, 0.717) is 35.2 Å². The number of esters is 1. The maximum absolute atomic E-state index is 12.5. The molecule has 10 atom stereocenters. The molecular weight excluding hydrogens is 476 g/mol. The molecule has 0 aromatic carbocycles. The summed E-state index contributed by atoms with van der Waals surface area (Å²) in [6, 6.07) is 0. The van der Waals surface area contributed by atoms with Crippen LogP contribution in [0.1, 0.15) is 119 Å². The Morgan fingerprint density at radius 3 is 2.13 bits per heavy atom. The predicted molar refractivity (Wildman–Crippen MR) is 152 cm³/mol. The third-order valence-electron chi connectivity index (χ3n) is 12.1. The number of carbonyl (C=O) groups is 3. The number of ether oxygens (including phenoxy) is 2. The lowest BCUT2D eigenvalue weighted by Gasteiger charge is -2.67. The van der Waals surface area contributed by atoms with Crippen molar-refractivity contribution in [3.8, 4) is 0 Å². The van der Waals surface area contributed by atoms with E-state index in [0.717, 1.165) is 43.1 Å². The minimum Gasteiger partial charge on any atom is -0.465 e. The standard InChI is InChI=1S/C27H42O3.C3H6O.C2H6.CH2O/c1-17-20-9-13-26(4)21-10-15-27(16-30-18(2)28)12-5-6-22(27)19(21)7-8-24(26)25(20,3)14-11-23(17)29;1-3-2-4-3;2*1-2/h17,19-22,24H,5-16H2,1-4H3;3H,2H2,1H3;1-2H3;1H2. The van der Waals surface area contributed by atoms with Crippen LogP contribution >= 0.6 is 0 Å². The molecule has 0 amide bonds. The first-order valence-corrected chi connectivity index (χ1v) is 15.7. The average molecular weight is 533 g/mol. The van der Waals surface area contributed by atoms with E-state index in [1.807, 2.05) is 20.6 Å². The Balaban J connectivity index is 0.000000442. The molecule has 6 aliphatic rings. The Hall–Kier alpha value is -1.23. The van der Waals surface area contributed by atoms with Gasteiger partial charge in [0.05, 0.1) is 19.3 Å². The molecule has 0 bridgehead atoms. The number of hydrogen-bond acceptors (Lipinski definition) is 5. The van der Waals surface area contributed by atoms with Crippen molar-refractivity contribution in [2.75, 3.05) is 13.2 Å². The molecule has 5 saturated carbocycles. The summed E-state index contributed by atoms with van der Waals surface area (Å²) >= 11 is 0. The highest BCUT2D eigenvalue weighted by atomic mass is 16.6. The van der Waals surface area contributed by atoms with E-state index in [9.17, 15) is 9.59 Å². The molecule has 1 aliphatic heterocycles. The average Bonchev–Trinajstić information content (AvgIpc) is 3.57. The van der Waals surface area contributed by atoms with Crippen LogP contribution in [0.3, 0.4) is 0 Å². The summed E-state index contributed by atoms with van der Waals surface area (Å²) < 4.78 is 10.3. The van der Waals surface area contributed by atoms with Gasteiger partial charge in [0.25, 0.3) is 0 Å². The second-order valence-corrected chi connectivity index (χ2v) is 13.6. The SMILES string of the molecule is C=O.CC.CC(=O)OCC12CCCC1C1CCC3C4(C)CCC(=O)C(C)C4CCC3(C)C1CC2.CC1CO1. The molecular formula is C33H56O5. The van der Waals surface area contributed by atoms with Gasteiger partial charge in [-0.05, 0) is 105 Å². The Morgan fingerprint density at radius 2 is 1.53 bits per heavy atom. The summed E-state index contributed by atoms with van der Waals surface area (Å²) in [5, 5.41) is 0. The molecule has 6 rings (SSSR count). The maximum Gasteiger partial charge on any atom is 0.302 e. The van der Waals surface area contributed by atoms with Gasteiger partial charge in [-0.1, -0.05) is 41.0 Å². The molecule has 5 nitrogen and oxygen atoms in total. The van der Waals surface area contributed by atoms with Gasteiger partial charge in [-0.25, -0.2) is 0 Å². The van der Waals surface area contributed by atoms with E-state index < -0.39 is 0 Å². The molecule has 0 radical (unpaired) electrons. The molecule has 0 aromatic rings. The normalized spacial score (nSPS) is 46.0. The van der Waals surface area contributed by atoms with E-state index in [4.69, 9.17) is 14.3 Å².